The maximum atomic E-state index is 11.9. The first-order valence-electron chi connectivity index (χ1n) is 6.67. The van der Waals surface area contributed by atoms with Crippen molar-refractivity contribution in [3.05, 3.63) is 28.2 Å². The third kappa shape index (κ3) is 2.92. The van der Waals surface area contributed by atoms with Crippen LogP contribution in [0.25, 0.3) is 0 Å². The number of hydrogen-bond acceptors (Lipinski definition) is 5. The van der Waals surface area contributed by atoms with Crippen molar-refractivity contribution < 1.29 is 9.59 Å². The highest BCUT2D eigenvalue weighted by Crippen LogP contribution is 2.38. The monoisotopic (exact) mass is 293 g/mol. The number of thioether (sulfide) groups is 1. The van der Waals surface area contributed by atoms with Crippen LogP contribution in [0.1, 0.15) is 30.9 Å². The molecule has 1 saturated heterocycles. The van der Waals surface area contributed by atoms with Gasteiger partial charge in [-0.2, -0.15) is 5.10 Å². The Labute approximate surface area is 119 Å². The van der Waals surface area contributed by atoms with Gasteiger partial charge in [0, 0.05) is 17.7 Å². The summed E-state index contributed by atoms with van der Waals surface area (Å²) in [5, 5.41) is 6.87. The Morgan fingerprint density at radius 1 is 1.35 bits per heavy atom. The summed E-state index contributed by atoms with van der Waals surface area (Å²) >= 11 is 1.23. The van der Waals surface area contributed by atoms with Crippen molar-refractivity contribution in [2.45, 2.75) is 37.8 Å². The van der Waals surface area contributed by atoms with Crippen LogP contribution in [0.3, 0.4) is 0 Å². The van der Waals surface area contributed by atoms with E-state index in [1.807, 2.05) is 0 Å². The Morgan fingerprint density at radius 2 is 2.15 bits per heavy atom. The fraction of sp³-hybridized carbons (Fsp3) is 0.538. The first kappa shape index (κ1) is 13.4. The fourth-order valence-corrected chi connectivity index (χ4v) is 3.11. The molecule has 1 aromatic heterocycles. The number of carbonyl (C=O) groups excluding carboxylic acids is 2. The third-order valence-corrected chi connectivity index (χ3v) is 4.46. The van der Waals surface area contributed by atoms with Crippen LogP contribution in [0.15, 0.2) is 16.9 Å². The van der Waals surface area contributed by atoms with Gasteiger partial charge < -0.3 is 5.32 Å². The number of aromatic nitrogens is 2. The smallest absolute Gasteiger partial charge is 0.267 e. The molecule has 2 heterocycles. The Balaban J connectivity index is 1.67. The highest BCUT2D eigenvalue weighted by atomic mass is 32.2. The van der Waals surface area contributed by atoms with Gasteiger partial charge in [0.15, 0.2) is 0 Å². The Bertz CT molecular complexity index is 609. The average molecular weight is 293 g/mol. The summed E-state index contributed by atoms with van der Waals surface area (Å²) in [7, 11) is 0. The predicted octanol–water partition coefficient (Wildman–Crippen LogP) is 0.269. The number of rotatable bonds is 4. The molecule has 106 valence electrons. The Kier molecular flexibility index (Phi) is 3.60. The summed E-state index contributed by atoms with van der Waals surface area (Å²) in [6, 6.07) is 2.76. The van der Waals surface area contributed by atoms with Gasteiger partial charge in [0.25, 0.3) is 5.56 Å². The molecule has 6 nitrogen and oxygen atoms in total. The molecule has 0 radical (unpaired) electrons. The van der Waals surface area contributed by atoms with E-state index in [1.54, 1.807) is 6.07 Å². The van der Waals surface area contributed by atoms with Crippen LogP contribution >= 0.6 is 11.8 Å². The van der Waals surface area contributed by atoms with E-state index >= 15 is 0 Å². The molecule has 1 aliphatic heterocycles. The SMILES string of the molecule is O=C(Cn1nc(C2CC2)ccc1=O)NC1CCSC1=O. The second-order valence-electron chi connectivity index (χ2n) is 5.10. The lowest BCUT2D eigenvalue weighted by molar-refractivity contribution is -0.125. The van der Waals surface area contributed by atoms with Crippen molar-refractivity contribution in [1.82, 2.24) is 15.1 Å². The van der Waals surface area contributed by atoms with E-state index in [0.717, 1.165) is 24.3 Å². The molecule has 0 bridgehead atoms. The normalized spacial score (nSPS) is 22.0. The minimum Gasteiger partial charge on any atom is -0.344 e. The van der Waals surface area contributed by atoms with Gasteiger partial charge in [-0.15, -0.1) is 0 Å². The highest BCUT2D eigenvalue weighted by Gasteiger charge is 2.28. The van der Waals surface area contributed by atoms with Crippen LogP contribution in [0.5, 0.6) is 0 Å². The summed E-state index contributed by atoms with van der Waals surface area (Å²) < 4.78 is 1.18. The van der Waals surface area contributed by atoms with Crippen LogP contribution in [0.2, 0.25) is 0 Å². The van der Waals surface area contributed by atoms with E-state index in [0.29, 0.717) is 12.3 Å². The standard InChI is InChI=1S/C13H15N3O3S/c17-11(14-10-5-6-20-13(10)19)7-16-12(18)4-3-9(15-16)8-1-2-8/h3-4,8,10H,1-2,5-7H2,(H,14,17). The molecule has 2 fully saturated rings. The van der Waals surface area contributed by atoms with Gasteiger partial charge in [-0.25, -0.2) is 4.68 Å². The van der Waals surface area contributed by atoms with Gasteiger partial charge in [0.1, 0.15) is 6.54 Å². The van der Waals surface area contributed by atoms with E-state index in [1.165, 1.54) is 22.5 Å². The summed E-state index contributed by atoms with van der Waals surface area (Å²) in [5.41, 5.74) is 0.571. The molecular formula is C13H15N3O3S. The largest absolute Gasteiger partial charge is 0.344 e. The first-order chi connectivity index (χ1) is 9.63. The van der Waals surface area contributed by atoms with Crippen LogP contribution in [0, 0.1) is 0 Å². The topological polar surface area (TPSA) is 81.1 Å². The van der Waals surface area contributed by atoms with Gasteiger partial charge >= 0.3 is 0 Å². The molecule has 7 heteroatoms. The second kappa shape index (κ2) is 5.40. The van der Waals surface area contributed by atoms with E-state index < -0.39 is 6.04 Å². The molecule has 3 rings (SSSR count). The number of nitrogens with zero attached hydrogens (tertiary/aromatic N) is 2. The highest BCUT2D eigenvalue weighted by molar-refractivity contribution is 8.14. The van der Waals surface area contributed by atoms with Crippen LogP contribution in [-0.4, -0.2) is 32.6 Å². The van der Waals surface area contributed by atoms with Crippen LogP contribution in [0.4, 0.5) is 0 Å². The van der Waals surface area contributed by atoms with Crippen LogP contribution in [-0.2, 0) is 16.1 Å². The van der Waals surface area contributed by atoms with E-state index in [4.69, 9.17) is 0 Å². The molecule has 0 spiro atoms. The molecule has 1 unspecified atom stereocenters. The molecule has 20 heavy (non-hydrogen) atoms. The number of carbonyl (C=O) groups is 2. The lowest BCUT2D eigenvalue weighted by atomic mass is 10.2. The lowest BCUT2D eigenvalue weighted by Crippen LogP contribution is -2.41. The number of hydrogen-bond donors (Lipinski definition) is 1. The molecule has 0 aromatic carbocycles. The minimum atomic E-state index is -0.421. The maximum Gasteiger partial charge on any atom is 0.267 e. The van der Waals surface area contributed by atoms with Crippen molar-refractivity contribution in [2.24, 2.45) is 0 Å². The van der Waals surface area contributed by atoms with Crippen molar-refractivity contribution in [2.75, 3.05) is 5.75 Å². The van der Waals surface area contributed by atoms with E-state index in [-0.39, 0.29) is 23.1 Å². The average Bonchev–Trinajstić information content (AvgIpc) is 3.18. The molecule has 1 atom stereocenters. The number of amides is 1. The molecule has 1 aliphatic carbocycles. The molecular weight excluding hydrogens is 278 g/mol. The summed E-state index contributed by atoms with van der Waals surface area (Å²) in [6.45, 7) is -0.131. The van der Waals surface area contributed by atoms with Crippen LogP contribution < -0.4 is 10.9 Å². The summed E-state index contributed by atoms with van der Waals surface area (Å²) in [4.78, 5) is 35.0. The zero-order valence-electron chi connectivity index (χ0n) is 10.9. The molecule has 1 aromatic rings. The lowest BCUT2D eigenvalue weighted by Gasteiger charge is -2.11. The number of nitrogens with one attached hydrogen (secondary N) is 1. The molecule has 1 N–H and O–H groups in total. The van der Waals surface area contributed by atoms with Gasteiger partial charge in [-0.3, -0.25) is 14.4 Å². The Morgan fingerprint density at radius 3 is 2.80 bits per heavy atom. The van der Waals surface area contributed by atoms with Crippen molar-refractivity contribution in [3.8, 4) is 0 Å². The van der Waals surface area contributed by atoms with Crippen molar-refractivity contribution in [1.29, 1.82) is 0 Å². The fourth-order valence-electron chi connectivity index (χ4n) is 2.18. The molecule has 1 amide bonds. The van der Waals surface area contributed by atoms with E-state index in [9.17, 15) is 14.4 Å². The second-order valence-corrected chi connectivity index (χ2v) is 6.20. The van der Waals surface area contributed by atoms with Gasteiger partial charge in [0.05, 0.1) is 11.7 Å². The van der Waals surface area contributed by atoms with Gasteiger partial charge in [-0.05, 0) is 25.3 Å². The summed E-state index contributed by atoms with van der Waals surface area (Å²) in [5.74, 6) is 0.824. The molecule has 1 saturated carbocycles. The predicted molar refractivity (Wildman–Crippen MR) is 74.5 cm³/mol. The summed E-state index contributed by atoms with van der Waals surface area (Å²) in [6.07, 6.45) is 2.83. The maximum absolute atomic E-state index is 11.9. The minimum absolute atomic E-state index is 0.00890. The van der Waals surface area contributed by atoms with E-state index in [2.05, 4.69) is 10.4 Å². The zero-order valence-corrected chi connectivity index (χ0v) is 11.7. The van der Waals surface area contributed by atoms with Crippen molar-refractivity contribution >= 4 is 22.8 Å². The van der Waals surface area contributed by atoms with Gasteiger partial charge in [0.2, 0.25) is 11.0 Å². The Hall–Kier alpha value is -1.63. The third-order valence-electron chi connectivity index (χ3n) is 3.45. The first-order valence-corrected chi connectivity index (χ1v) is 7.66. The molecule has 2 aliphatic rings. The quantitative estimate of drug-likeness (QED) is 0.862. The zero-order chi connectivity index (χ0) is 14.1. The van der Waals surface area contributed by atoms with Gasteiger partial charge in [-0.1, -0.05) is 11.8 Å². The van der Waals surface area contributed by atoms with Crippen molar-refractivity contribution in [3.63, 3.8) is 0 Å².